The van der Waals surface area contributed by atoms with Gasteiger partial charge in [0, 0.05) is 12.6 Å². The molecule has 0 amide bonds. The fourth-order valence-corrected chi connectivity index (χ4v) is 3.50. The van der Waals surface area contributed by atoms with E-state index in [1.54, 1.807) is 0 Å². The average Bonchev–Trinajstić information content (AvgIpc) is 2.54. The summed E-state index contributed by atoms with van der Waals surface area (Å²) in [6.07, 6.45) is 5.11. The predicted octanol–water partition coefficient (Wildman–Crippen LogP) is 4.02. The summed E-state index contributed by atoms with van der Waals surface area (Å²) in [5, 5.41) is 0. The molecule has 21 heavy (non-hydrogen) atoms. The summed E-state index contributed by atoms with van der Waals surface area (Å²) in [6, 6.07) is 11.4. The van der Waals surface area contributed by atoms with Gasteiger partial charge >= 0.3 is 0 Å². The fourth-order valence-electron chi connectivity index (χ4n) is 3.50. The summed E-state index contributed by atoms with van der Waals surface area (Å²) < 4.78 is 0. The minimum absolute atomic E-state index is 0.529. The van der Waals surface area contributed by atoms with Crippen molar-refractivity contribution in [2.45, 2.75) is 58.4 Å². The van der Waals surface area contributed by atoms with E-state index in [2.05, 4.69) is 56.0 Å². The zero-order valence-corrected chi connectivity index (χ0v) is 14.0. The van der Waals surface area contributed by atoms with Gasteiger partial charge in [0.15, 0.2) is 0 Å². The van der Waals surface area contributed by atoms with E-state index in [9.17, 15) is 0 Å². The zero-order chi connectivity index (χ0) is 15.3. The van der Waals surface area contributed by atoms with Crippen LogP contribution in [0.5, 0.6) is 0 Å². The van der Waals surface area contributed by atoms with Gasteiger partial charge in [0.1, 0.15) is 0 Å². The maximum Gasteiger partial charge on any atom is 0.0224 e. The Labute approximate surface area is 130 Å². The lowest BCUT2D eigenvalue weighted by atomic mass is 9.77. The van der Waals surface area contributed by atoms with Crippen molar-refractivity contribution in [2.24, 2.45) is 11.1 Å². The molecule has 1 fully saturated rings. The number of nitrogens with two attached hydrogens (primary N) is 1. The van der Waals surface area contributed by atoms with E-state index < -0.39 is 0 Å². The molecular formula is C19H32N2. The maximum atomic E-state index is 6.09. The van der Waals surface area contributed by atoms with Gasteiger partial charge in [-0.15, -0.1) is 0 Å². The molecular weight excluding hydrogens is 256 g/mol. The highest BCUT2D eigenvalue weighted by Crippen LogP contribution is 2.35. The molecule has 1 aliphatic heterocycles. The summed E-state index contributed by atoms with van der Waals surface area (Å²) in [4.78, 5) is 2.64. The molecule has 1 aromatic carbocycles. The van der Waals surface area contributed by atoms with Crippen molar-refractivity contribution >= 4 is 0 Å². The van der Waals surface area contributed by atoms with Gasteiger partial charge in [-0.3, -0.25) is 4.90 Å². The molecule has 0 aliphatic carbocycles. The normalized spacial score (nSPS) is 21.9. The first-order valence-electron chi connectivity index (χ1n) is 8.57. The van der Waals surface area contributed by atoms with Crippen molar-refractivity contribution in [3.05, 3.63) is 35.9 Å². The van der Waals surface area contributed by atoms with Crippen molar-refractivity contribution in [3.63, 3.8) is 0 Å². The van der Waals surface area contributed by atoms with E-state index >= 15 is 0 Å². The predicted molar refractivity (Wildman–Crippen MR) is 91.5 cm³/mol. The summed E-state index contributed by atoms with van der Waals surface area (Å²) in [5.74, 6) is 0.583. The minimum atomic E-state index is 0.529. The lowest BCUT2D eigenvalue weighted by Crippen LogP contribution is -2.47. The van der Waals surface area contributed by atoms with Crippen LogP contribution in [0.2, 0.25) is 0 Å². The molecule has 1 saturated heterocycles. The molecule has 0 bridgehead atoms. The monoisotopic (exact) mass is 288 g/mol. The van der Waals surface area contributed by atoms with Crippen LogP contribution in [0.15, 0.2) is 30.3 Å². The topological polar surface area (TPSA) is 29.3 Å². The highest BCUT2D eigenvalue weighted by molar-refractivity contribution is 5.19. The number of benzene rings is 1. The Kier molecular flexibility index (Phi) is 5.83. The second-order valence-corrected chi connectivity index (χ2v) is 7.14. The van der Waals surface area contributed by atoms with Crippen LogP contribution < -0.4 is 5.73 Å². The van der Waals surface area contributed by atoms with Gasteiger partial charge in [0.05, 0.1) is 0 Å². The van der Waals surface area contributed by atoms with Crippen LogP contribution in [0, 0.1) is 5.41 Å². The molecule has 1 aliphatic rings. The van der Waals surface area contributed by atoms with E-state index in [4.69, 9.17) is 5.73 Å². The number of nitrogens with zero attached hydrogens (tertiary/aromatic N) is 1. The van der Waals surface area contributed by atoms with Gasteiger partial charge < -0.3 is 5.73 Å². The van der Waals surface area contributed by atoms with Crippen LogP contribution >= 0.6 is 0 Å². The average molecular weight is 288 g/mol. The summed E-state index contributed by atoms with van der Waals surface area (Å²) >= 11 is 0. The third-order valence-corrected chi connectivity index (χ3v) is 5.64. The molecule has 2 rings (SSSR count). The number of likely N-dealkylation sites (tertiary alicyclic amines) is 1. The molecule has 2 heteroatoms. The van der Waals surface area contributed by atoms with E-state index in [0.717, 1.165) is 6.54 Å². The smallest absolute Gasteiger partial charge is 0.0224 e. The molecule has 2 nitrogen and oxygen atoms in total. The molecule has 2 atom stereocenters. The van der Waals surface area contributed by atoms with Crippen molar-refractivity contribution in [1.29, 1.82) is 0 Å². The lowest BCUT2D eigenvalue weighted by Gasteiger charge is -2.42. The molecule has 1 heterocycles. The number of piperidine rings is 1. The minimum Gasteiger partial charge on any atom is -0.329 e. The Morgan fingerprint density at radius 3 is 2.33 bits per heavy atom. The molecule has 2 unspecified atom stereocenters. The fraction of sp³-hybridized carbons (Fsp3) is 0.684. The first-order chi connectivity index (χ1) is 10.1. The SMILES string of the molecule is CCC1(C)CCN(C(CN)CC(C)c2ccccc2)CC1. The molecule has 1 aromatic rings. The van der Waals surface area contributed by atoms with Gasteiger partial charge in [-0.05, 0) is 49.2 Å². The Morgan fingerprint density at radius 1 is 1.19 bits per heavy atom. The summed E-state index contributed by atoms with van der Waals surface area (Å²) in [6.45, 7) is 10.3. The first-order valence-corrected chi connectivity index (χ1v) is 8.57. The standard InChI is InChI=1S/C19H32N2/c1-4-19(3)10-12-21(13-11-19)18(15-20)14-16(2)17-8-6-5-7-9-17/h5-9,16,18H,4,10-15,20H2,1-3H3. The van der Waals surface area contributed by atoms with Gasteiger partial charge in [0.25, 0.3) is 0 Å². The first kappa shape index (κ1) is 16.5. The molecule has 0 aromatic heterocycles. The van der Waals surface area contributed by atoms with Gasteiger partial charge in [-0.1, -0.05) is 57.5 Å². The van der Waals surface area contributed by atoms with Crippen molar-refractivity contribution in [2.75, 3.05) is 19.6 Å². The maximum absolute atomic E-state index is 6.09. The van der Waals surface area contributed by atoms with E-state index in [0.29, 0.717) is 17.4 Å². The molecule has 2 N–H and O–H groups in total. The van der Waals surface area contributed by atoms with Gasteiger partial charge in [-0.25, -0.2) is 0 Å². The van der Waals surface area contributed by atoms with Crippen LogP contribution in [0.4, 0.5) is 0 Å². The number of hydrogen-bond donors (Lipinski definition) is 1. The van der Waals surface area contributed by atoms with Crippen LogP contribution in [0.3, 0.4) is 0 Å². The molecule has 0 radical (unpaired) electrons. The highest BCUT2D eigenvalue weighted by Gasteiger charge is 2.31. The lowest BCUT2D eigenvalue weighted by molar-refractivity contribution is 0.0777. The van der Waals surface area contributed by atoms with Crippen LogP contribution in [-0.4, -0.2) is 30.6 Å². The summed E-state index contributed by atoms with van der Waals surface area (Å²) in [7, 11) is 0. The van der Waals surface area contributed by atoms with Gasteiger partial charge in [0.2, 0.25) is 0 Å². The van der Waals surface area contributed by atoms with E-state index in [-0.39, 0.29) is 0 Å². The zero-order valence-electron chi connectivity index (χ0n) is 14.0. The largest absolute Gasteiger partial charge is 0.329 e. The highest BCUT2D eigenvalue weighted by atomic mass is 15.2. The molecule has 0 saturated carbocycles. The quantitative estimate of drug-likeness (QED) is 0.856. The van der Waals surface area contributed by atoms with Crippen LogP contribution in [-0.2, 0) is 0 Å². The third kappa shape index (κ3) is 4.31. The van der Waals surface area contributed by atoms with Crippen molar-refractivity contribution < 1.29 is 0 Å². The Bertz CT molecular complexity index is 407. The summed E-state index contributed by atoms with van der Waals surface area (Å²) in [5.41, 5.74) is 8.08. The number of rotatable bonds is 6. The van der Waals surface area contributed by atoms with Crippen LogP contribution in [0.25, 0.3) is 0 Å². The Morgan fingerprint density at radius 2 is 1.81 bits per heavy atom. The second kappa shape index (κ2) is 7.42. The molecule has 0 spiro atoms. The molecule has 118 valence electrons. The Balaban J connectivity index is 1.92. The van der Waals surface area contributed by atoms with E-state index in [1.807, 2.05) is 0 Å². The van der Waals surface area contributed by atoms with Crippen molar-refractivity contribution in [1.82, 2.24) is 4.90 Å². The number of hydrogen-bond acceptors (Lipinski definition) is 2. The van der Waals surface area contributed by atoms with Crippen molar-refractivity contribution in [3.8, 4) is 0 Å². The van der Waals surface area contributed by atoms with Gasteiger partial charge in [-0.2, -0.15) is 0 Å². The van der Waals surface area contributed by atoms with E-state index in [1.165, 1.54) is 44.3 Å². The third-order valence-electron chi connectivity index (χ3n) is 5.64. The van der Waals surface area contributed by atoms with Crippen LogP contribution in [0.1, 0.15) is 57.9 Å². The Hall–Kier alpha value is -0.860. The second-order valence-electron chi connectivity index (χ2n) is 7.14.